The van der Waals surface area contributed by atoms with E-state index in [1.165, 1.54) is 6.92 Å². The van der Waals surface area contributed by atoms with E-state index < -0.39 is 5.92 Å². The van der Waals surface area contributed by atoms with Gasteiger partial charge in [0, 0.05) is 37.0 Å². The van der Waals surface area contributed by atoms with Gasteiger partial charge in [0.25, 0.3) is 0 Å². The van der Waals surface area contributed by atoms with Crippen LogP contribution in [0.25, 0.3) is 0 Å². The van der Waals surface area contributed by atoms with Crippen LogP contribution in [-0.2, 0) is 14.4 Å². The number of carbonyl (C=O) groups excluding carboxylic acids is 3. The summed E-state index contributed by atoms with van der Waals surface area (Å²) in [5.41, 5.74) is 4.20. The first-order chi connectivity index (χ1) is 12.8. The minimum Gasteiger partial charge on any atom is -0.326 e. The Labute approximate surface area is 158 Å². The Morgan fingerprint density at radius 1 is 1.07 bits per heavy atom. The van der Waals surface area contributed by atoms with E-state index in [4.69, 9.17) is 0 Å². The van der Waals surface area contributed by atoms with E-state index in [0.717, 1.165) is 16.8 Å². The van der Waals surface area contributed by atoms with Gasteiger partial charge in [-0.05, 0) is 49.2 Å². The predicted octanol–water partition coefficient (Wildman–Crippen LogP) is 3.25. The first kappa shape index (κ1) is 18.6. The number of benzene rings is 2. The first-order valence-electron chi connectivity index (χ1n) is 8.90. The average molecular weight is 365 g/mol. The summed E-state index contributed by atoms with van der Waals surface area (Å²) < 4.78 is 0. The Morgan fingerprint density at radius 2 is 1.81 bits per heavy atom. The summed E-state index contributed by atoms with van der Waals surface area (Å²) in [6, 6.07) is 12.8. The Hall–Kier alpha value is -3.15. The SMILES string of the molecule is CC(=O)Nc1cccc(N2C[C@@H](C(=O)Nc3cccc(C)c3C)CC2=O)c1. The van der Waals surface area contributed by atoms with Gasteiger partial charge in [-0.2, -0.15) is 0 Å². The molecule has 140 valence electrons. The van der Waals surface area contributed by atoms with E-state index in [2.05, 4.69) is 10.6 Å². The van der Waals surface area contributed by atoms with Crippen molar-refractivity contribution in [3.8, 4) is 0 Å². The highest BCUT2D eigenvalue weighted by Gasteiger charge is 2.35. The summed E-state index contributed by atoms with van der Waals surface area (Å²) in [4.78, 5) is 37.9. The number of anilines is 3. The van der Waals surface area contributed by atoms with Gasteiger partial charge in [-0.25, -0.2) is 0 Å². The maximum absolute atomic E-state index is 12.7. The van der Waals surface area contributed by atoms with Crippen LogP contribution in [0, 0.1) is 19.8 Å². The molecule has 0 unspecified atom stereocenters. The number of nitrogens with zero attached hydrogens (tertiary/aromatic N) is 1. The van der Waals surface area contributed by atoms with Crippen LogP contribution >= 0.6 is 0 Å². The molecular weight excluding hydrogens is 342 g/mol. The zero-order valence-electron chi connectivity index (χ0n) is 15.7. The molecule has 6 heteroatoms. The van der Waals surface area contributed by atoms with Gasteiger partial charge < -0.3 is 15.5 Å². The van der Waals surface area contributed by atoms with Crippen molar-refractivity contribution in [3.05, 3.63) is 53.6 Å². The van der Waals surface area contributed by atoms with Crippen molar-refractivity contribution in [2.45, 2.75) is 27.2 Å². The van der Waals surface area contributed by atoms with Gasteiger partial charge in [0.1, 0.15) is 0 Å². The highest BCUT2D eigenvalue weighted by Crippen LogP contribution is 2.28. The molecule has 1 heterocycles. The van der Waals surface area contributed by atoms with Crippen molar-refractivity contribution in [2.24, 2.45) is 5.92 Å². The van der Waals surface area contributed by atoms with Gasteiger partial charge in [0.2, 0.25) is 17.7 Å². The molecular formula is C21H23N3O3. The summed E-state index contributed by atoms with van der Waals surface area (Å²) in [5, 5.41) is 5.65. The number of hydrogen-bond acceptors (Lipinski definition) is 3. The molecule has 0 saturated carbocycles. The smallest absolute Gasteiger partial charge is 0.229 e. The fraction of sp³-hybridized carbons (Fsp3) is 0.286. The maximum Gasteiger partial charge on any atom is 0.229 e. The van der Waals surface area contributed by atoms with Crippen LogP contribution in [-0.4, -0.2) is 24.3 Å². The summed E-state index contributed by atoms with van der Waals surface area (Å²) in [6.07, 6.45) is 0.168. The first-order valence-corrected chi connectivity index (χ1v) is 8.90. The lowest BCUT2D eigenvalue weighted by Gasteiger charge is -2.18. The number of rotatable bonds is 4. The van der Waals surface area contributed by atoms with Crippen LogP contribution in [0.1, 0.15) is 24.5 Å². The fourth-order valence-electron chi connectivity index (χ4n) is 3.21. The van der Waals surface area contributed by atoms with E-state index in [9.17, 15) is 14.4 Å². The Balaban J connectivity index is 1.72. The Kier molecular flexibility index (Phi) is 5.26. The second-order valence-electron chi connectivity index (χ2n) is 6.87. The zero-order chi connectivity index (χ0) is 19.6. The van der Waals surface area contributed by atoms with E-state index >= 15 is 0 Å². The lowest BCUT2D eigenvalue weighted by atomic mass is 10.1. The molecule has 0 aliphatic carbocycles. The minimum atomic E-state index is -0.415. The van der Waals surface area contributed by atoms with Crippen molar-refractivity contribution in [1.82, 2.24) is 0 Å². The second kappa shape index (κ2) is 7.61. The molecule has 0 bridgehead atoms. The van der Waals surface area contributed by atoms with Crippen molar-refractivity contribution in [1.29, 1.82) is 0 Å². The molecule has 0 spiro atoms. The molecule has 1 fully saturated rings. The second-order valence-corrected chi connectivity index (χ2v) is 6.87. The quantitative estimate of drug-likeness (QED) is 0.873. The molecule has 2 N–H and O–H groups in total. The number of amides is 3. The summed E-state index contributed by atoms with van der Waals surface area (Å²) in [6.45, 7) is 5.71. The van der Waals surface area contributed by atoms with E-state index in [-0.39, 0.29) is 24.1 Å². The van der Waals surface area contributed by atoms with Gasteiger partial charge in [-0.15, -0.1) is 0 Å². The zero-order valence-corrected chi connectivity index (χ0v) is 15.7. The van der Waals surface area contributed by atoms with Crippen LogP contribution in [0.5, 0.6) is 0 Å². The van der Waals surface area contributed by atoms with Crippen LogP contribution < -0.4 is 15.5 Å². The number of carbonyl (C=O) groups is 3. The average Bonchev–Trinajstić information content (AvgIpc) is 3.00. The van der Waals surface area contributed by atoms with Gasteiger partial charge in [-0.3, -0.25) is 14.4 Å². The monoisotopic (exact) mass is 365 g/mol. The molecule has 0 radical (unpaired) electrons. The normalized spacial score (nSPS) is 16.3. The lowest BCUT2D eigenvalue weighted by Crippen LogP contribution is -2.28. The third kappa shape index (κ3) is 4.16. The summed E-state index contributed by atoms with van der Waals surface area (Å²) in [7, 11) is 0. The highest BCUT2D eigenvalue weighted by molar-refractivity contribution is 6.04. The molecule has 0 aromatic heterocycles. The number of hydrogen-bond donors (Lipinski definition) is 2. The van der Waals surface area contributed by atoms with Crippen molar-refractivity contribution < 1.29 is 14.4 Å². The molecule has 3 amide bonds. The van der Waals surface area contributed by atoms with Gasteiger partial charge in [0.15, 0.2) is 0 Å². The number of nitrogens with one attached hydrogen (secondary N) is 2. The molecule has 27 heavy (non-hydrogen) atoms. The molecule has 2 aromatic rings. The summed E-state index contributed by atoms with van der Waals surface area (Å²) in [5.74, 6) is -0.846. The molecule has 2 aromatic carbocycles. The van der Waals surface area contributed by atoms with Crippen LogP contribution in [0.3, 0.4) is 0 Å². The van der Waals surface area contributed by atoms with Crippen molar-refractivity contribution in [3.63, 3.8) is 0 Å². The van der Waals surface area contributed by atoms with Crippen LogP contribution in [0.4, 0.5) is 17.1 Å². The molecule has 3 rings (SSSR count). The largest absolute Gasteiger partial charge is 0.326 e. The fourth-order valence-corrected chi connectivity index (χ4v) is 3.21. The maximum atomic E-state index is 12.7. The van der Waals surface area contributed by atoms with Crippen LogP contribution in [0.15, 0.2) is 42.5 Å². The predicted molar refractivity (Wildman–Crippen MR) is 106 cm³/mol. The Bertz CT molecular complexity index is 907. The third-order valence-corrected chi connectivity index (χ3v) is 4.84. The van der Waals surface area contributed by atoms with Gasteiger partial charge in [-0.1, -0.05) is 18.2 Å². The molecule has 6 nitrogen and oxygen atoms in total. The number of aryl methyl sites for hydroxylation is 1. The lowest BCUT2D eigenvalue weighted by molar-refractivity contribution is -0.122. The Morgan fingerprint density at radius 3 is 2.56 bits per heavy atom. The molecule has 1 aliphatic heterocycles. The van der Waals surface area contributed by atoms with Crippen molar-refractivity contribution >= 4 is 34.8 Å². The van der Waals surface area contributed by atoms with Gasteiger partial charge in [0.05, 0.1) is 5.92 Å². The summed E-state index contributed by atoms with van der Waals surface area (Å²) >= 11 is 0. The van der Waals surface area contributed by atoms with E-state index in [1.54, 1.807) is 29.2 Å². The molecule has 1 saturated heterocycles. The third-order valence-electron chi connectivity index (χ3n) is 4.84. The topological polar surface area (TPSA) is 78.5 Å². The van der Waals surface area contributed by atoms with E-state index in [0.29, 0.717) is 17.9 Å². The highest BCUT2D eigenvalue weighted by atomic mass is 16.2. The van der Waals surface area contributed by atoms with Gasteiger partial charge >= 0.3 is 0 Å². The van der Waals surface area contributed by atoms with E-state index in [1.807, 2.05) is 32.0 Å². The standard InChI is InChI=1S/C21H23N3O3/c1-13-6-4-9-19(14(13)2)23-21(27)16-10-20(26)24(12-16)18-8-5-7-17(11-18)22-15(3)25/h4-9,11,16H,10,12H2,1-3H3,(H,22,25)(H,23,27)/t16-/m0/s1. The molecule has 1 aliphatic rings. The van der Waals surface area contributed by atoms with Crippen molar-refractivity contribution in [2.75, 3.05) is 22.1 Å². The minimum absolute atomic E-state index is 0.101. The molecule has 1 atom stereocenters. The van der Waals surface area contributed by atoms with Crippen LogP contribution in [0.2, 0.25) is 0 Å².